The Morgan fingerprint density at radius 3 is 1.31 bits per heavy atom. The molecular formula is C30H19Cl10NO10. The van der Waals surface area contributed by atoms with E-state index in [1.165, 1.54) is 56.7 Å². The molecule has 0 bridgehead atoms. The summed E-state index contributed by atoms with van der Waals surface area (Å²) in [7, 11) is 2.64. The number of nitrogen functional groups attached to an aromatic ring is 1. The van der Waals surface area contributed by atoms with E-state index in [-0.39, 0.29) is 89.7 Å². The summed E-state index contributed by atoms with van der Waals surface area (Å²) >= 11 is 56.3. The Hall–Kier alpha value is -2.94. The maximum absolute atomic E-state index is 10.8. The first kappa shape index (κ1) is 46.1. The third-order valence-corrected chi connectivity index (χ3v) is 9.02. The van der Waals surface area contributed by atoms with Gasteiger partial charge in [-0.1, -0.05) is 116 Å². The molecule has 0 aliphatic rings. The van der Waals surface area contributed by atoms with Crippen LogP contribution in [0.25, 0.3) is 0 Å². The fraction of sp³-hybridized carbons (Fsp3) is 0.0667. The lowest BCUT2D eigenvalue weighted by atomic mass is 10.2. The van der Waals surface area contributed by atoms with Crippen molar-refractivity contribution in [1.29, 1.82) is 0 Å². The Morgan fingerprint density at radius 2 is 0.902 bits per heavy atom. The van der Waals surface area contributed by atoms with Gasteiger partial charge in [-0.2, -0.15) is 0 Å². The molecule has 0 aromatic heterocycles. The minimum absolute atomic E-state index is 0.00793. The number of carbonyl (C=O) groups is 4. The van der Waals surface area contributed by atoms with E-state index in [4.69, 9.17) is 152 Å². The molecule has 0 aliphatic carbocycles. The molecule has 21 heteroatoms. The maximum Gasteiger partial charge on any atom is 0.341 e. The summed E-state index contributed by atoms with van der Waals surface area (Å²) < 4.78 is 9.64. The zero-order chi connectivity index (χ0) is 39.5. The van der Waals surface area contributed by atoms with Gasteiger partial charge in [0.15, 0.2) is 11.5 Å². The van der Waals surface area contributed by atoms with Crippen LogP contribution in [0.3, 0.4) is 0 Å². The first-order chi connectivity index (χ1) is 23.6. The van der Waals surface area contributed by atoms with Gasteiger partial charge >= 0.3 is 23.9 Å². The number of aromatic carboxylic acids is 4. The summed E-state index contributed by atoms with van der Waals surface area (Å²) in [5, 5.41) is 35.8. The Balaban J connectivity index is 0.000000341. The summed E-state index contributed by atoms with van der Waals surface area (Å²) in [6.07, 6.45) is 0. The number of anilines is 1. The molecular weight excluding hydrogens is 889 g/mol. The van der Waals surface area contributed by atoms with Crippen LogP contribution in [0.2, 0.25) is 50.2 Å². The molecule has 0 aliphatic heterocycles. The predicted octanol–water partition coefficient (Wildman–Crippen LogP) is 11.7. The van der Waals surface area contributed by atoms with Crippen molar-refractivity contribution < 1.29 is 49.1 Å². The lowest BCUT2D eigenvalue weighted by Crippen LogP contribution is -2.02. The quantitative estimate of drug-likeness (QED) is 0.0913. The van der Waals surface area contributed by atoms with Gasteiger partial charge in [0.05, 0.1) is 76.2 Å². The van der Waals surface area contributed by atoms with Crippen LogP contribution in [-0.4, -0.2) is 58.5 Å². The fourth-order valence-corrected chi connectivity index (χ4v) is 5.72. The molecule has 0 fully saturated rings. The van der Waals surface area contributed by atoms with Crippen molar-refractivity contribution in [2.45, 2.75) is 0 Å². The van der Waals surface area contributed by atoms with Gasteiger partial charge in [-0.05, 0) is 42.5 Å². The fourth-order valence-electron chi connectivity index (χ4n) is 3.39. The Labute approximate surface area is 338 Å². The van der Waals surface area contributed by atoms with Gasteiger partial charge < -0.3 is 35.6 Å². The van der Waals surface area contributed by atoms with Crippen molar-refractivity contribution in [3.63, 3.8) is 0 Å². The molecule has 0 radical (unpaired) electrons. The number of carboxylic acid groups (broad SMARTS) is 4. The average Bonchev–Trinajstić information content (AvgIpc) is 3.03. The van der Waals surface area contributed by atoms with Crippen molar-refractivity contribution in [2.75, 3.05) is 20.0 Å². The highest BCUT2D eigenvalue weighted by molar-refractivity contribution is 6.46. The third kappa shape index (κ3) is 12.6. The highest BCUT2D eigenvalue weighted by Gasteiger charge is 2.22. The Bertz CT molecular complexity index is 1980. The summed E-state index contributed by atoms with van der Waals surface area (Å²) in [6, 6.07) is 9.71. The number of ether oxygens (including phenoxy) is 2. The van der Waals surface area contributed by atoms with Crippen LogP contribution in [-0.2, 0) is 0 Å². The van der Waals surface area contributed by atoms with Crippen LogP contribution in [0.1, 0.15) is 41.4 Å². The summed E-state index contributed by atoms with van der Waals surface area (Å²) in [5.74, 6) is -4.64. The summed E-state index contributed by atoms with van der Waals surface area (Å²) in [6.45, 7) is 0. The number of hydrogen-bond donors (Lipinski definition) is 5. The van der Waals surface area contributed by atoms with Crippen molar-refractivity contribution in [2.24, 2.45) is 0 Å². The van der Waals surface area contributed by atoms with Gasteiger partial charge in [0, 0.05) is 5.02 Å². The molecule has 4 aromatic carbocycles. The highest BCUT2D eigenvalue weighted by Crippen LogP contribution is 2.39. The van der Waals surface area contributed by atoms with Crippen molar-refractivity contribution in [1.82, 2.24) is 0 Å². The predicted molar refractivity (Wildman–Crippen MR) is 201 cm³/mol. The summed E-state index contributed by atoms with van der Waals surface area (Å²) in [5.41, 5.74) is 4.96. The van der Waals surface area contributed by atoms with Crippen molar-refractivity contribution in [3.8, 4) is 11.5 Å². The van der Waals surface area contributed by atoms with Gasteiger partial charge in [-0.15, -0.1) is 0 Å². The zero-order valence-electron chi connectivity index (χ0n) is 25.1. The summed E-state index contributed by atoms with van der Waals surface area (Å²) in [4.78, 5) is 42.6. The average molecular weight is 908 g/mol. The molecule has 0 saturated heterocycles. The number of carboxylic acids is 4. The topological polar surface area (TPSA) is 194 Å². The molecule has 6 N–H and O–H groups in total. The van der Waals surface area contributed by atoms with Crippen LogP contribution in [0.5, 0.6) is 11.5 Å². The second-order valence-electron chi connectivity index (χ2n) is 8.80. The lowest BCUT2D eigenvalue weighted by molar-refractivity contribution is 0.0682. The molecule has 0 spiro atoms. The van der Waals surface area contributed by atoms with Crippen LogP contribution < -0.4 is 15.2 Å². The number of rotatable bonds is 6. The van der Waals surface area contributed by atoms with Crippen LogP contribution >= 0.6 is 116 Å². The molecule has 11 nitrogen and oxygen atoms in total. The van der Waals surface area contributed by atoms with Gasteiger partial charge in [0.25, 0.3) is 0 Å². The van der Waals surface area contributed by atoms with Gasteiger partial charge in [-0.3, -0.25) is 0 Å². The number of halogens is 10. The molecule has 274 valence electrons. The molecule has 51 heavy (non-hydrogen) atoms. The minimum atomic E-state index is -1.24. The van der Waals surface area contributed by atoms with Gasteiger partial charge in [0.1, 0.15) is 11.1 Å². The van der Waals surface area contributed by atoms with Crippen molar-refractivity contribution >= 4 is 146 Å². The number of nitrogens with two attached hydrogens (primary N) is 1. The van der Waals surface area contributed by atoms with Crippen LogP contribution in [0.15, 0.2) is 42.5 Å². The van der Waals surface area contributed by atoms with E-state index in [0.717, 1.165) is 0 Å². The number of hydrogen-bond acceptors (Lipinski definition) is 7. The zero-order valence-corrected chi connectivity index (χ0v) is 32.7. The number of methoxy groups -OCH3 is 2. The monoisotopic (exact) mass is 903 g/mol. The molecule has 0 saturated carbocycles. The molecule has 4 aromatic rings. The SMILES string of the molecule is COc1c(Cl)cc(Cl)c(Cl)c1C(=O)O.COc1c(Cl)ccc(Cl)c1C(=O)O.Nc1cc(Cl)cc(C(=O)O)c1Cl.O=C(O)c1c(Cl)ccc(Cl)c1Cl. The van der Waals surface area contributed by atoms with Crippen LogP contribution in [0.4, 0.5) is 5.69 Å². The van der Waals surface area contributed by atoms with E-state index >= 15 is 0 Å². The van der Waals surface area contributed by atoms with Gasteiger partial charge in [0.2, 0.25) is 0 Å². The maximum atomic E-state index is 10.8. The largest absolute Gasteiger partial charge is 0.494 e. The first-order valence-electron chi connectivity index (χ1n) is 12.7. The smallest absolute Gasteiger partial charge is 0.341 e. The lowest BCUT2D eigenvalue weighted by Gasteiger charge is -2.09. The van der Waals surface area contributed by atoms with Gasteiger partial charge in [-0.25, -0.2) is 19.2 Å². The van der Waals surface area contributed by atoms with E-state index in [1.54, 1.807) is 0 Å². The molecule has 0 amide bonds. The van der Waals surface area contributed by atoms with E-state index in [9.17, 15) is 19.2 Å². The van der Waals surface area contributed by atoms with Crippen molar-refractivity contribution in [3.05, 3.63) is 115 Å². The minimum Gasteiger partial charge on any atom is -0.494 e. The van der Waals surface area contributed by atoms with E-state index in [1.807, 2.05) is 0 Å². The second-order valence-corrected chi connectivity index (χ2v) is 12.8. The molecule has 0 unspecified atom stereocenters. The highest BCUT2D eigenvalue weighted by atomic mass is 35.5. The standard InChI is InChI=1S/C8H5Cl3O3.C8H6Cl2O3.C7H3Cl3O2.C7H5Cl2NO2/c1-14-7-4(10)2-3(9)6(11)5(7)8(12)13;1-13-7-5(10)3-2-4(9)6(7)8(11)12;8-3-1-2-4(9)6(10)5(3)7(11)12;8-3-1-4(7(11)12)6(9)5(10)2-3/h2H,1H3,(H,12,13);2-3H,1H3,(H,11,12);1-2H,(H,11,12);1-2H,10H2,(H,11,12). The first-order valence-corrected chi connectivity index (χ1v) is 16.4. The molecule has 4 rings (SSSR count). The Kier molecular flexibility index (Phi) is 18.9. The third-order valence-electron chi connectivity index (χ3n) is 5.58. The number of benzene rings is 4. The Morgan fingerprint density at radius 1 is 0.490 bits per heavy atom. The van der Waals surface area contributed by atoms with Crippen LogP contribution in [0, 0.1) is 0 Å². The van der Waals surface area contributed by atoms with E-state index in [2.05, 4.69) is 0 Å². The normalized spacial score (nSPS) is 9.88. The van der Waals surface area contributed by atoms with E-state index < -0.39 is 23.9 Å². The second kappa shape index (κ2) is 20.9. The molecule has 0 heterocycles. The van der Waals surface area contributed by atoms with E-state index in [0.29, 0.717) is 0 Å². The molecule has 0 atom stereocenters.